The Kier molecular flexibility index (Phi) is 5.57. The van der Waals surface area contributed by atoms with Crippen molar-refractivity contribution in [1.29, 1.82) is 0 Å². The van der Waals surface area contributed by atoms with Gasteiger partial charge in [0.25, 0.3) is 0 Å². The lowest BCUT2D eigenvalue weighted by Gasteiger charge is -2.31. The molecule has 1 atom stereocenters. The van der Waals surface area contributed by atoms with E-state index in [0.717, 1.165) is 24.6 Å². The SMILES string of the molecule is CC(C(=O)Nc1ccc(OC(F)(F)F)cc1)N1CCSCC1. The van der Waals surface area contributed by atoms with Gasteiger partial charge in [0.2, 0.25) is 5.91 Å². The molecule has 1 aromatic rings. The van der Waals surface area contributed by atoms with E-state index < -0.39 is 6.36 Å². The van der Waals surface area contributed by atoms with Crippen LogP contribution in [0.1, 0.15) is 6.92 Å². The van der Waals surface area contributed by atoms with Gasteiger partial charge in [-0.3, -0.25) is 9.69 Å². The zero-order valence-electron chi connectivity index (χ0n) is 12.0. The Bertz CT molecular complexity index is 502. The van der Waals surface area contributed by atoms with Crippen LogP contribution >= 0.6 is 11.8 Å². The van der Waals surface area contributed by atoms with E-state index in [1.54, 1.807) is 0 Å². The number of ether oxygens (including phenoxy) is 1. The van der Waals surface area contributed by atoms with Crippen molar-refractivity contribution in [2.24, 2.45) is 0 Å². The molecule has 0 radical (unpaired) electrons. The van der Waals surface area contributed by atoms with Gasteiger partial charge in [0, 0.05) is 30.3 Å². The summed E-state index contributed by atoms with van der Waals surface area (Å²) in [6.45, 7) is 3.54. The van der Waals surface area contributed by atoms with Crippen molar-refractivity contribution < 1.29 is 22.7 Å². The molecular formula is C14H17F3N2O2S. The number of carbonyl (C=O) groups excluding carboxylic acids is 1. The number of carbonyl (C=O) groups is 1. The Morgan fingerprint density at radius 3 is 2.41 bits per heavy atom. The van der Waals surface area contributed by atoms with Gasteiger partial charge in [0.05, 0.1) is 6.04 Å². The molecule has 1 aliphatic rings. The predicted molar refractivity (Wildman–Crippen MR) is 80.1 cm³/mol. The second kappa shape index (κ2) is 7.23. The lowest BCUT2D eigenvalue weighted by Crippen LogP contribution is -2.46. The number of benzene rings is 1. The quantitative estimate of drug-likeness (QED) is 0.919. The van der Waals surface area contributed by atoms with Gasteiger partial charge in [-0.2, -0.15) is 11.8 Å². The van der Waals surface area contributed by atoms with E-state index >= 15 is 0 Å². The van der Waals surface area contributed by atoms with Crippen LogP contribution in [0.2, 0.25) is 0 Å². The van der Waals surface area contributed by atoms with Crippen LogP contribution in [0, 0.1) is 0 Å². The highest BCUT2D eigenvalue weighted by Crippen LogP contribution is 2.24. The first-order valence-electron chi connectivity index (χ1n) is 6.83. The third-order valence-electron chi connectivity index (χ3n) is 3.33. The average Bonchev–Trinajstić information content (AvgIpc) is 2.48. The molecule has 4 nitrogen and oxygen atoms in total. The number of alkyl halides is 3. The molecule has 0 saturated carbocycles. The third-order valence-corrected chi connectivity index (χ3v) is 4.27. The van der Waals surface area contributed by atoms with E-state index in [1.165, 1.54) is 24.3 Å². The number of amides is 1. The molecule has 2 rings (SSSR count). The Hall–Kier alpha value is -1.41. The van der Waals surface area contributed by atoms with Crippen LogP contribution in [0.5, 0.6) is 5.75 Å². The molecule has 1 fully saturated rings. The normalized spacial score (nSPS) is 17.8. The van der Waals surface area contributed by atoms with Gasteiger partial charge < -0.3 is 10.1 Å². The molecular weight excluding hydrogens is 317 g/mol. The van der Waals surface area contributed by atoms with Gasteiger partial charge in [-0.25, -0.2) is 0 Å². The van der Waals surface area contributed by atoms with E-state index in [0.29, 0.717) is 5.69 Å². The summed E-state index contributed by atoms with van der Waals surface area (Å²) in [6, 6.07) is 4.85. The van der Waals surface area contributed by atoms with Gasteiger partial charge in [0.15, 0.2) is 0 Å². The summed E-state index contributed by atoms with van der Waals surface area (Å²) in [4.78, 5) is 14.2. The molecule has 122 valence electrons. The maximum absolute atomic E-state index is 12.2. The van der Waals surface area contributed by atoms with Gasteiger partial charge in [-0.1, -0.05) is 0 Å². The summed E-state index contributed by atoms with van der Waals surface area (Å²) in [5.74, 6) is 1.52. The number of nitrogens with one attached hydrogen (secondary N) is 1. The predicted octanol–water partition coefficient (Wildman–Crippen LogP) is 2.96. The Balaban J connectivity index is 1.91. The van der Waals surface area contributed by atoms with Crippen LogP contribution in [0.4, 0.5) is 18.9 Å². The zero-order valence-corrected chi connectivity index (χ0v) is 12.8. The lowest BCUT2D eigenvalue weighted by molar-refractivity contribution is -0.274. The molecule has 1 unspecified atom stereocenters. The summed E-state index contributed by atoms with van der Waals surface area (Å²) in [7, 11) is 0. The van der Waals surface area contributed by atoms with E-state index in [4.69, 9.17) is 0 Å². The highest BCUT2D eigenvalue weighted by atomic mass is 32.2. The van der Waals surface area contributed by atoms with Crippen LogP contribution in [0.25, 0.3) is 0 Å². The first-order valence-corrected chi connectivity index (χ1v) is 7.99. The fourth-order valence-electron chi connectivity index (χ4n) is 2.12. The topological polar surface area (TPSA) is 41.6 Å². The third kappa shape index (κ3) is 5.10. The van der Waals surface area contributed by atoms with Gasteiger partial charge in [-0.15, -0.1) is 13.2 Å². The Morgan fingerprint density at radius 2 is 1.86 bits per heavy atom. The van der Waals surface area contributed by atoms with Crippen molar-refractivity contribution in [2.75, 3.05) is 29.9 Å². The van der Waals surface area contributed by atoms with Crippen LogP contribution in [0.15, 0.2) is 24.3 Å². The lowest BCUT2D eigenvalue weighted by atomic mass is 10.2. The van der Waals surface area contributed by atoms with Crippen molar-refractivity contribution >= 4 is 23.4 Å². The van der Waals surface area contributed by atoms with Crippen LogP contribution in [-0.2, 0) is 4.79 Å². The molecule has 0 aliphatic carbocycles. The largest absolute Gasteiger partial charge is 0.573 e. The fourth-order valence-corrected chi connectivity index (χ4v) is 3.05. The van der Waals surface area contributed by atoms with Gasteiger partial charge in [-0.05, 0) is 31.2 Å². The van der Waals surface area contributed by atoms with Crippen LogP contribution in [0.3, 0.4) is 0 Å². The van der Waals surface area contributed by atoms with E-state index in [-0.39, 0.29) is 17.7 Å². The second-order valence-electron chi connectivity index (χ2n) is 4.89. The minimum atomic E-state index is -4.72. The van der Waals surface area contributed by atoms with E-state index in [1.807, 2.05) is 18.7 Å². The van der Waals surface area contributed by atoms with Crippen molar-refractivity contribution in [1.82, 2.24) is 4.90 Å². The number of hydrogen-bond acceptors (Lipinski definition) is 4. The molecule has 0 spiro atoms. The maximum atomic E-state index is 12.2. The highest BCUT2D eigenvalue weighted by Gasteiger charge is 2.31. The van der Waals surface area contributed by atoms with Crippen molar-refractivity contribution in [3.05, 3.63) is 24.3 Å². The van der Waals surface area contributed by atoms with Crippen molar-refractivity contribution in [2.45, 2.75) is 19.3 Å². The number of rotatable bonds is 4. The van der Waals surface area contributed by atoms with Crippen molar-refractivity contribution in [3.63, 3.8) is 0 Å². The second-order valence-corrected chi connectivity index (χ2v) is 6.11. The molecule has 0 aromatic heterocycles. The summed E-state index contributed by atoms with van der Waals surface area (Å²) in [5, 5.41) is 2.70. The number of nitrogens with zero attached hydrogens (tertiary/aromatic N) is 1. The minimum Gasteiger partial charge on any atom is -0.406 e. The van der Waals surface area contributed by atoms with Crippen molar-refractivity contribution in [3.8, 4) is 5.75 Å². The van der Waals surface area contributed by atoms with Gasteiger partial charge in [0.1, 0.15) is 5.75 Å². The minimum absolute atomic E-state index is 0.170. The summed E-state index contributed by atoms with van der Waals surface area (Å²) < 4.78 is 40.0. The fraction of sp³-hybridized carbons (Fsp3) is 0.500. The molecule has 1 saturated heterocycles. The summed E-state index contributed by atoms with van der Waals surface area (Å²) >= 11 is 1.86. The highest BCUT2D eigenvalue weighted by molar-refractivity contribution is 7.99. The maximum Gasteiger partial charge on any atom is 0.573 e. The number of halogens is 3. The number of anilines is 1. The molecule has 1 aliphatic heterocycles. The molecule has 1 amide bonds. The first-order chi connectivity index (χ1) is 10.3. The summed E-state index contributed by atoms with van der Waals surface area (Å²) in [6.07, 6.45) is -4.72. The monoisotopic (exact) mass is 334 g/mol. The molecule has 1 heterocycles. The number of hydrogen-bond donors (Lipinski definition) is 1. The molecule has 8 heteroatoms. The Labute approximate surface area is 131 Å². The van der Waals surface area contributed by atoms with E-state index in [9.17, 15) is 18.0 Å². The number of thioether (sulfide) groups is 1. The molecule has 1 aromatic carbocycles. The first kappa shape index (κ1) is 17.0. The van der Waals surface area contributed by atoms with Gasteiger partial charge >= 0.3 is 6.36 Å². The van der Waals surface area contributed by atoms with E-state index in [2.05, 4.69) is 15.0 Å². The standard InChI is InChI=1S/C14H17F3N2O2S/c1-10(19-6-8-22-9-7-19)13(20)18-11-2-4-12(5-3-11)21-14(15,16)17/h2-5,10H,6-9H2,1H3,(H,18,20). The molecule has 0 bridgehead atoms. The Morgan fingerprint density at radius 1 is 1.27 bits per heavy atom. The van der Waals surface area contributed by atoms with Crippen LogP contribution in [-0.4, -0.2) is 47.8 Å². The molecule has 1 N–H and O–H groups in total. The summed E-state index contributed by atoms with van der Waals surface area (Å²) in [5.41, 5.74) is 0.442. The molecule has 22 heavy (non-hydrogen) atoms. The zero-order chi connectivity index (χ0) is 16.2. The smallest absolute Gasteiger partial charge is 0.406 e. The van der Waals surface area contributed by atoms with Crippen LogP contribution < -0.4 is 10.1 Å². The average molecular weight is 334 g/mol.